The quantitative estimate of drug-likeness (QED) is 0.189. The monoisotopic (exact) mass is 585 g/mol. The highest BCUT2D eigenvalue weighted by molar-refractivity contribution is 6.43. The van der Waals surface area contributed by atoms with E-state index in [4.69, 9.17) is 14.2 Å². The van der Waals surface area contributed by atoms with Crippen LogP contribution in [0.1, 0.15) is 65.0 Å². The lowest BCUT2D eigenvalue weighted by Crippen LogP contribution is -2.57. The molecule has 2 amide bonds. The Kier molecular flexibility index (Phi) is 13.5. The maximum Gasteiger partial charge on any atom is 0.475 e. The molecule has 0 spiro atoms. The number of hydrogen-bond donors (Lipinski definition) is 5. The van der Waals surface area contributed by atoms with E-state index in [0.29, 0.717) is 29.6 Å². The number of ether oxygens (including phenoxy) is 3. The Hall–Kier alpha value is -3.44. The zero-order valence-corrected chi connectivity index (χ0v) is 26.4. The van der Waals surface area contributed by atoms with Gasteiger partial charge < -0.3 is 40.2 Å². The maximum absolute atomic E-state index is 13.9. The first-order valence-corrected chi connectivity index (χ1v) is 14.4. The lowest BCUT2D eigenvalue weighted by atomic mass is 9.75. The first-order valence-electron chi connectivity index (χ1n) is 14.4. The third kappa shape index (κ3) is 9.84. The van der Waals surface area contributed by atoms with Crippen LogP contribution in [0.15, 0.2) is 36.4 Å². The molecule has 0 saturated heterocycles. The summed E-state index contributed by atoms with van der Waals surface area (Å²) in [5.41, 5.74) is 2.63. The van der Waals surface area contributed by atoms with Crippen LogP contribution in [0.5, 0.6) is 17.2 Å². The third-order valence-electron chi connectivity index (χ3n) is 7.03. The van der Waals surface area contributed by atoms with Crippen LogP contribution in [0.25, 0.3) is 0 Å². The van der Waals surface area contributed by atoms with Crippen LogP contribution in [-0.2, 0) is 16.0 Å². The number of carbonyl (C=O) groups excluding carboxylic acids is 2. The fourth-order valence-corrected chi connectivity index (χ4v) is 4.71. The number of nitrogens with one attached hydrogen (secondary N) is 3. The summed E-state index contributed by atoms with van der Waals surface area (Å²) in [6.45, 7) is 11.7. The molecule has 0 bridgehead atoms. The van der Waals surface area contributed by atoms with E-state index in [0.717, 1.165) is 16.8 Å². The average Bonchev–Trinajstić information content (AvgIpc) is 2.93. The van der Waals surface area contributed by atoms with Gasteiger partial charge in [0.05, 0.1) is 27.3 Å². The second-order valence-corrected chi connectivity index (χ2v) is 11.6. The van der Waals surface area contributed by atoms with Gasteiger partial charge >= 0.3 is 7.12 Å². The van der Waals surface area contributed by atoms with Gasteiger partial charge in [0.1, 0.15) is 12.1 Å². The molecule has 2 aromatic rings. The van der Waals surface area contributed by atoms with Gasteiger partial charge in [-0.25, -0.2) is 0 Å². The van der Waals surface area contributed by atoms with Crippen molar-refractivity contribution in [3.63, 3.8) is 0 Å². The number of anilines is 1. The van der Waals surface area contributed by atoms with E-state index in [1.807, 2.05) is 52.0 Å². The summed E-state index contributed by atoms with van der Waals surface area (Å²) in [5, 5.41) is 28.6. The van der Waals surface area contributed by atoms with Crippen molar-refractivity contribution < 1.29 is 33.8 Å². The summed E-state index contributed by atoms with van der Waals surface area (Å²) in [6.07, 6.45) is 0.617. The molecule has 0 unspecified atom stereocenters. The highest BCUT2D eigenvalue weighted by atomic mass is 16.5. The number of carbonyl (C=O) groups is 2. The largest absolute Gasteiger partial charge is 0.493 e. The second-order valence-electron chi connectivity index (χ2n) is 11.6. The second kappa shape index (κ2) is 16.3. The average molecular weight is 586 g/mol. The summed E-state index contributed by atoms with van der Waals surface area (Å²) in [5.74, 6) is -0.208. The van der Waals surface area contributed by atoms with Gasteiger partial charge in [-0.05, 0) is 59.6 Å². The Morgan fingerprint density at radius 1 is 0.857 bits per heavy atom. The molecular formula is C31H48BN3O7. The van der Waals surface area contributed by atoms with Crippen LogP contribution < -0.4 is 30.2 Å². The van der Waals surface area contributed by atoms with Crippen LogP contribution in [0.4, 0.5) is 5.69 Å². The van der Waals surface area contributed by atoms with Crippen molar-refractivity contribution in [3.05, 3.63) is 47.5 Å². The zero-order valence-electron chi connectivity index (χ0n) is 26.4. The van der Waals surface area contributed by atoms with E-state index in [9.17, 15) is 19.6 Å². The molecule has 11 heteroatoms. The normalized spacial score (nSPS) is 13.4. The van der Waals surface area contributed by atoms with E-state index >= 15 is 0 Å². The Bertz CT molecular complexity index is 1150. The first kappa shape index (κ1) is 34.8. The van der Waals surface area contributed by atoms with Crippen molar-refractivity contribution in [1.29, 1.82) is 0 Å². The van der Waals surface area contributed by atoms with Gasteiger partial charge in [-0.2, -0.15) is 0 Å². The standard InChI is InChI=1S/C31H48BN3O7/c1-18(2)13-27(32(38)39)34-31(37)28(20(5)6)35-30(36)24(33-23-12-10-11-22(17-23)19(3)4)14-21-15-25(40-7)29(42-9)26(16-21)41-8/h10-12,15-20,24,27-28,33,38-39H,13-14H2,1-9H3,(H,34,37)(H,35,36)/t24-,27-,28-/m0/s1. The van der Waals surface area contributed by atoms with Crippen molar-refractivity contribution in [2.75, 3.05) is 26.6 Å². The summed E-state index contributed by atoms with van der Waals surface area (Å²) in [4.78, 5) is 27.2. The molecule has 0 aromatic heterocycles. The predicted octanol–water partition coefficient (Wildman–Crippen LogP) is 3.54. The van der Waals surface area contributed by atoms with Crippen LogP contribution >= 0.6 is 0 Å². The first-order chi connectivity index (χ1) is 19.8. The molecule has 0 saturated carbocycles. The minimum atomic E-state index is -1.72. The lowest BCUT2D eigenvalue weighted by Gasteiger charge is -2.28. The van der Waals surface area contributed by atoms with Gasteiger partial charge in [0.2, 0.25) is 17.6 Å². The molecule has 3 atom stereocenters. The molecule has 0 aliphatic rings. The molecule has 5 N–H and O–H groups in total. The lowest BCUT2D eigenvalue weighted by molar-refractivity contribution is -0.130. The molecule has 2 aromatic carbocycles. The van der Waals surface area contributed by atoms with Crippen LogP contribution in [-0.4, -0.2) is 68.3 Å². The Morgan fingerprint density at radius 2 is 1.48 bits per heavy atom. The molecule has 10 nitrogen and oxygen atoms in total. The van der Waals surface area contributed by atoms with Gasteiger partial charge in [-0.1, -0.05) is 53.7 Å². The number of benzene rings is 2. The van der Waals surface area contributed by atoms with Gasteiger partial charge in [-0.15, -0.1) is 0 Å². The Morgan fingerprint density at radius 3 is 1.95 bits per heavy atom. The van der Waals surface area contributed by atoms with Gasteiger partial charge in [0.25, 0.3) is 0 Å². The van der Waals surface area contributed by atoms with Crippen molar-refractivity contribution in [1.82, 2.24) is 10.6 Å². The van der Waals surface area contributed by atoms with Crippen LogP contribution in [0, 0.1) is 11.8 Å². The molecular weight excluding hydrogens is 537 g/mol. The molecule has 0 aliphatic heterocycles. The molecule has 42 heavy (non-hydrogen) atoms. The minimum Gasteiger partial charge on any atom is -0.493 e. The van der Waals surface area contributed by atoms with E-state index in [1.165, 1.54) is 21.3 Å². The van der Waals surface area contributed by atoms with Crippen molar-refractivity contribution in [3.8, 4) is 17.2 Å². The third-order valence-corrected chi connectivity index (χ3v) is 7.03. The fraction of sp³-hybridized carbons (Fsp3) is 0.548. The van der Waals surface area contributed by atoms with Crippen molar-refractivity contribution in [2.45, 2.75) is 78.3 Å². The zero-order chi connectivity index (χ0) is 31.6. The maximum atomic E-state index is 13.9. The summed E-state index contributed by atoms with van der Waals surface area (Å²) in [6, 6.07) is 9.77. The van der Waals surface area contributed by atoms with Gasteiger partial charge in [-0.3, -0.25) is 9.59 Å². The highest BCUT2D eigenvalue weighted by Gasteiger charge is 2.33. The van der Waals surface area contributed by atoms with E-state index in [1.54, 1.807) is 12.1 Å². The van der Waals surface area contributed by atoms with E-state index in [-0.39, 0.29) is 18.3 Å². The van der Waals surface area contributed by atoms with Crippen molar-refractivity contribution >= 4 is 24.6 Å². The van der Waals surface area contributed by atoms with Gasteiger partial charge in [0, 0.05) is 12.1 Å². The SMILES string of the molecule is COc1cc(C[C@H](Nc2cccc(C(C)C)c2)C(=O)N[C@H](C(=O)N[C@@H](CC(C)C)B(O)O)C(C)C)cc(OC)c1OC. The Balaban J connectivity index is 2.43. The van der Waals surface area contributed by atoms with Gasteiger partial charge in [0.15, 0.2) is 11.5 Å². The summed E-state index contributed by atoms with van der Waals surface area (Å²) in [7, 11) is 2.87. The fourth-order valence-electron chi connectivity index (χ4n) is 4.71. The predicted molar refractivity (Wildman–Crippen MR) is 166 cm³/mol. The molecule has 0 heterocycles. The topological polar surface area (TPSA) is 138 Å². The number of hydrogen-bond acceptors (Lipinski definition) is 8. The summed E-state index contributed by atoms with van der Waals surface area (Å²) < 4.78 is 16.5. The Labute approximate surface area is 250 Å². The molecule has 0 aliphatic carbocycles. The van der Waals surface area contributed by atoms with E-state index < -0.39 is 37.0 Å². The van der Waals surface area contributed by atoms with E-state index in [2.05, 4.69) is 29.8 Å². The number of amides is 2. The van der Waals surface area contributed by atoms with Crippen molar-refractivity contribution in [2.24, 2.45) is 11.8 Å². The molecule has 0 fully saturated rings. The smallest absolute Gasteiger partial charge is 0.475 e. The minimum absolute atomic E-state index is 0.123. The van der Waals surface area contributed by atoms with Crippen LogP contribution in [0.3, 0.4) is 0 Å². The molecule has 0 radical (unpaired) electrons. The number of rotatable bonds is 16. The molecule has 232 valence electrons. The van der Waals surface area contributed by atoms with Crippen LogP contribution in [0.2, 0.25) is 0 Å². The number of methoxy groups -OCH3 is 3. The highest BCUT2D eigenvalue weighted by Crippen LogP contribution is 2.38. The molecule has 2 rings (SSSR count). The summed E-state index contributed by atoms with van der Waals surface area (Å²) >= 11 is 0.